The van der Waals surface area contributed by atoms with Gasteiger partial charge >= 0.3 is 6.03 Å². The summed E-state index contributed by atoms with van der Waals surface area (Å²) in [6.07, 6.45) is 0. The third-order valence-electron chi connectivity index (χ3n) is 3.50. The number of hydrogen-bond acceptors (Lipinski definition) is 3. The molecule has 0 aliphatic carbocycles. The number of benzene rings is 2. The van der Waals surface area contributed by atoms with Crippen LogP contribution in [0.25, 0.3) is 0 Å². The van der Waals surface area contributed by atoms with Crippen molar-refractivity contribution in [2.45, 2.75) is 0 Å². The van der Waals surface area contributed by atoms with Crippen molar-refractivity contribution in [2.24, 2.45) is 0 Å². The Bertz CT molecular complexity index is 733. The summed E-state index contributed by atoms with van der Waals surface area (Å²) in [7, 11) is 0. The number of halogens is 1. The highest BCUT2D eigenvalue weighted by atomic mass is 35.5. The monoisotopic (exact) mass is 317 g/mol. The number of rotatable bonds is 3. The first-order chi connectivity index (χ1) is 10.6. The predicted molar refractivity (Wildman–Crippen MR) is 84.6 cm³/mol. The fraction of sp³-hybridized carbons (Fsp3) is 0.133. The van der Waals surface area contributed by atoms with E-state index in [-0.39, 0.29) is 11.7 Å². The zero-order valence-electron chi connectivity index (χ0n) is 11.5. The van der Waals surface area contributed by atoms with Crippen molar-refractivity contribution in [2.75, 3.05) is 22.9 Å². The molecular formula is C15H12ClN3O3. The first kappa shape index (κ1) is 14.3. The zero-order chi connectivity index (χ0) is 15.7. The van der Waals surface area contributed by atoms with Crippen molar-refractivity contribution >= 4 is 34.7 Å². The van der Waals surface area contributed by atoms with Crippen LogP contribution in [0.2, 0.25) is 5.02 Å². The average Bonchev–Trinajstić information content (AvgIpc) is 2.90. The van der Waals surface area contributed by atoms with E-state index in [1.165, 1.54) is 17.0 Å². The second-order valence-electron chi connectivity index (χ2n) is 4.84. The highest BCUT2D eigenvalue weighted by molar-refractivity contribution is 6.30. The summed E-state index contributed by atoms with van der Waals surface area (Å²) in [5.41, 5.74) is 1.24. The Kier molecular flexibility index (Phi) is 3.68. The number of nitro benzene ring substituents is 1. The minimum atomic E-state index is -0.471. The number of urea groups is 1. The van der Waals surface area contributed by atoms with Crippen LogP contribution in [0.15, 0.2) is 48.5 Å². The highest BCUT2D eigenvalue weighted by Crippen LogP contribution is 2.28. The second-order valence-corrected chi connectivity index (χ2v) is 5.28. The molecule has 0 bridgehead atoms. The van der Waals surface area contributed by atoms with Crippen LogP contribution in [-0.2, 0) is 0 Å². The van der Waals surface area contributed by atoms with Crippen molar-refractivity contribution in [3.05, 3.63) is 63.7 Å². The minimum Gasteiger partial charge on any atom is -0.292 e. The van der Waals surface area contributed by atoms with Gasteiger partial charge in [-0.1, -0.05) is 17.7 Å². The van der Waals surface area contributed by atoms with Crippen molar-refractivity contribution in [3.8, 4) is 0 Å². The van der Waals surface area contributed by atoms with Gasteiger partial charge in [0.2, 0.25) is 0 Å². The van der Waals surface area contributed by atoms with Crippen LogP contribution in [0.3, 0.4) is 0 Å². The molecule has 6 nitrogen and oxygen atoms in total. The maximum absolute atomic E-state index is 12.5. The van der Waals surface area contributed by atoms with E-state index in [2.05, 4.69) is 0 Å². The topological polar surface area (TPSA) is 66.7 Å². The summed E-state index contributed by atoms with van der Waals surface area (Å²) >= 11 is 5.85. The normalized spacial score (nSPS) is 14.5. The first-order valence-electron chi connectivity index (χ1n) is 6.65. The van der Waals surface area contributed by atoms with E-state index in [9.17, 15) is 14.9 Å². The van der Waals surface area contributed by atoms with Gasteiger partial charge in [-0.05, 0) is 30.3 Å². The molecule has 2 amide bonds. The number of nitro groups is 1. The molecule has 3 rings (SSSR count). The molecule has 22 heavy (non-hydrogen) atoms. The molecule has 2 aromatic carbocycles. The molecule has 0 N–H and O–H groups in total. The molecule has 0 atom stereocenters. The van der Waals surface area contributed by atoms with Gasteiger partial charge in [0.25, 0.3) is 5.69 Å². The largest absolute Gasteiger partial charge is 0.329 e. The predicted octanol–water partition coefficient (Wildman–Crippen LogP) is 3.69. The summed E-state index contributed by atoms with van der Waals surface area (Å²) in [5.74, 6) is 0. The smallest absolute Gasteiger partial charge is 0.292 e. The summed E-state index contributed by atoms with van der Waals surface area (Å²) < 4.78 is 0. The summed E-state index contributed by atoms with van der Waals surface area (Å²) in [5, 5.41) is 11.4. The molecule has 0 radical (unpaired) electrons. The third-order valence-corrected chi connectivity index (χ3v) is 3.75. The van der Waals surface area contributed by atoms with Gasteiger partial charge in [-0.15, -0.1) is 0 Å². The lowest BCUT2D eigenvalue weighted by Crippen LogP contribution is -2.31. The maximum atomic E-state index is 12.5. The number of nitrogens with zero attached hydrogens (tertiary/aromatic N) is 3. The van der Waals surface area contributed by atoms with Crippen molar-refractivity contribution in [1.82, 2.24) is 0 Å². The van der Waals surface area contributed by atoms with E-state index >= 15 is 0 Å². The Hall–Kier alpha value is -2.60. The van der Waals surface area contributed by atoms with Crippen molar-refractivity contribution in [1.29, 1.82) is 0 Å². The quantitative estimate of drug-likeness (QED) is 0.640. The Morgan fingerprint density at radius 1 is 1.00 bits per heavy atom. The van der Waals surface area contributed by atoms with E-state index in [4.69, 9.17) is 11.6 Å². The van der Waals surface area contributed by atoms with Gasteiger partial charge in [0, 0.05) is 35.9 Å². The van der Waals surface area contributed by atoms with Crippen molar-refractivity contribution in [3.63, 3.8) is 0 Å². The molecule has 1 aliphatic heterocycles. The van der Waals surface area contributed by atoms with Crippen molar-refractivity contribution < 1.29 is 9.72 Å². The van der Waals surface area contributed by atoms with Gasteiger partial charge in [0.05, 0.1) is 10.6 Å². The Morgan fingerprint density at radius 3 is 2.27 bits per heavy atom. The van der Waals surface area contributed by atoms with E-state index in [0.29, 0.717) is 23.8 Å². The van der Waals surface area contributed by atoms with E-state index in [0.717, 1.165) is 5.69 Å². The number of carbonyl (C=O) groups is 1. The first-order valence-corrected chi connectivity index (χ1v) is 7.03. The van der Waals surface area contributed by atoms with E-state index in [1.807, 2.05) is 0 Å². The lowest BCUT2D eigenvalue weighted by Gasteiger charge is -2.18. The van der Waals surface area contributed by atoms with Crippen LogP contribution in [0.5, 0.6) is 0 Å². The van der Waals surface area contributed by atoms with Gasteiger partial charge in [0.15, 0.2) is 0 Å². The second kappa shape index (κ2) is 5.65. The summed E-state index contributed by atoms with van der Waals surface area (Å²) in [4.78, 5) is 26.0. The molecule has 1 saturated heterocycles. The molecule has 1 fully saturated rings. The molecule has 7 heteroatoms. The molecule has 112 valence electrons. The SMILES string of the molecule is O=C1N(c2ccc(Cl)cc2)CCN1c1cccc([N+](=O)[O-])c1. The molecular weight excluding hydrogens is 306 g/mol. The van der Waals surface area contributed by atoms with Gasteiger partial charge in [-0.2, -0.15) is 0 Å². The molecule has 1 heterocycles. The number of anilines is 2. The molecule has 1 aliphatic rings. The maximum Gasteiger partial charge on any atom is 0.329 e. The van der Waals surface area contributed by atoms with Crippen LogP contribution < -0.4 is 9.80 Å². The lowest BCUT2D eigenvalue weighted by molar-refractivity contribution is -0.384. The average molecular weight is 318 g/mol. The Morgan fingerprint density at radius 2 is 1.64 bits per heavy atom. The summed E-state index contributed by atoms with van der Waals surface area (Å²) in [6, 6.07) is 12.9. The highest BCUT2D eigenvalue weighted by Gasteiger charge is 2.31. The molecule has 0 aromatic heterocycles. The number of hydrogen-bond donors (Lipinski definition) is 0. The van der Waals surface area contributed by atoms with Gasteiger partial charge in [0.1, 0.15) is 0 Å². The third kappa shape index (κ3) is 2.60. The lowest BCUT2D eigenvalue weighted by atomic mass is 10.2. The van der Waals surface area contributed by atoms with Crippen LogP contribution in [0.1, 0.15) is 0 Å². The van der Waals surface area contributed by atoms with Crippen LogP contribution in [-0.4, -0.2) is 24.0 Å². The van der Waals surface area contributed by atoms with E-state index < -0.39 is 4.92 Å². The zero-order valence-corrected chi connectivity index (χ0v) is 12.2. The Labute approximate surface area is 131 Å². The van der Waals surface area contributed by atoms with E-state index in [1.54, 1.807) is 41.3 Å². The van der Waals surface area contributed by atoms with Gasteiger partial charge in [-0.25, -0.2) is 4.79 Å². The van der Waals surface area contributed by atoms with Gasteiger partial charge < -0.3 is 0 Å². The van der Waals surface area contributed by atoms with Crippen LogP contribution in [0.4, 0.5) is 21.9 Å². The minimum absolute atomic E-state index is 0.0322. The standard InChI is InChI=1S/C15H12ClN3O3/c16-11-4-6-12(7-5-11)17-8-9-18(15(17)20)13-2-1-3-14(10-13)19(21)22/h1-7,10H,8-9H2. The van der Waals surface area contributed by atoms with Crippen LogP contribution in [0, 0.1) is 10.1 Å². The molecule has 0 saturated carbocycles. The molecule has 0 spiro atoms. The molecule has 0 unspecified atom stereocenters. The molecule has 2 aromatic rings. The fourth-order valence-electron chi connectivity index (χ4n) is 2.41. The number of amides is 2. The van der Waals surface area contributed by atoms with Crippen LogP contribution >= 0.6 is 11.6 Å². The summed E-state index contributed by atoms with van der Waals surface area (Å²) in [6.45, 7) is 0.992. The Balaban J connectivity index is 1.86. The number of carbonyl (C=O) groups excluding carboxylic acids is 1. The fourth-order valence-corrected chi connectivity index (χ4v) is 2.54. The van der Waals surface area contributed by atoms with Gasteiger partial charge in [-0.3, -0.25) is 19.9 Å². The number of non-ortho nitro benzene ring substituents is 1.